The average molecular weight is 710 g/mol. The van der Waals surface area contributed by atoms with Gasteiger partial charge >= 0.3 is 11.9 Å². The predicted octanol–water partition coefficient (Wildman–Crippen LogP) is -13.3. The topological polar surface area (TPSA) is 89.4 Å². The van der Waals surface area contributed by atoms with Crippen molar-refractivity contribution >= 4 is 283 Å². The fraction of sp³-hybridized carbons (Fsp3) is 0.0769. The van der Waals surface area contributed by atoms with Gasteiger partial charge in [-0.2, -0.15) is 15.8 Å². The third kappa shape index (κ3) is 22.2. The van der Waals surface area contributed by atoms with Crippen molar-refractivity contribution < 1.29 is 28.2 Å². The van der Waals surface area contributed by atoms with E-state index in [1.165, 1.54) is 32.5 Å². The summed E-state index contributed by atoms with van der Waals surface area (Å²) in [7, 11) is 114. The fourth-order valence-corrected chi connectivity index (χ4v) is 5.93. The average Bonchev–Trinajstić information content (AvgIpc) is 3.12. The number of carbonyl (C=O) groups excluding carboxylic acids is 1. The Morgan fingerprint density at radius 1 is 0.576 bits per heavy atom. The molecule has 0 fully saturated rings. The van der Waals surface area contributed by atoms with E-state index >= 15 is 0 Å². The molecule has 0 bridgehead atoms. The van der Waals surface area contributed by atoms with Crippen molar-refractivity contribution in [1.29, 1.82) is 0 Å². The van der Waals surface area contributed by atoms with E-state index in [2.05, 4.69) is 14.7 Å². The second kappa shape index (κ2) is 31.4. The molecule has 1 N–H and O–H groups in total. The molecule has 0 aliphatic rings. The molecule has 59 heavy (non-hydrogen) atoms. The first-order valence-corrected chi connectivity index (χ1v) is 17.2. The van der Waals surface area contributed by atoms with Crippen molar-refractivity contribution in [3.05, 3.63) is 59.7 Å². The minimum Gasteiger partial charge on any atom is -0.478 e. The molecular formula is C13H13B38F2N2O4-. The first-order valence-electron chi connectivity index (χ1n) is 17.2. The number of aromatic carboxylic acids is 1. The number of aromatic nitrogens is 2. The first kappa shape index (κ1) is 60.7. The highest BCUT2D eigenvalue weighted by Gasteiger charge is 2.43. The molecule has 6 nitrogen and oxygen atoms in total. The zero-order valence-electron chi connectivity index (χ0n) is 32.1. The molecule has 40 radical (unpaired) electrons. The number of carbonyl (C=O) groups is 2. The molecule has 2 heterocycles. The van der Waals surface area contributed by atoms with Gasteiger partial charge in [-0.1, -0.05) is 7.74 Å². The van der Waals surface area contributed by atoms with Crippen molar-refractivity contribution in [2.45, 2.75) is 0 Å². The second-order valence-electron chi connectivity index (χ2n) is 13.0. The maximum absolute atomic E-state index is 12.3. The zero-order valence-corrected chi connectivity index (χ0v) is 32.1. The van der Waals surface area contributed by atoms with Crippen LogP contribution in [0.2, 0.25) is 0 Å². The number of methoxy groups -OCH3 is 1. The lowest BCUT2D eigenvalue weighted by Gasteiger charge is -2.42. The van der Waals surface area contributed by atoms with E-state index in [0.29, 0.717) is 0 Å². The molecule has 0 spiro atoms. The summed E-state index contributed by atoms with van der Waals surface area (Å²) in [5.41, 5.74) is 0.0764. The molecule has 2 aromatic rings. The number of esters is 1. The number of hydrogen-bond donors (Lipinski definition) is 1. The van der Waals surface area contributed by atoms with Gasteiger partial charge in [0.05, 0.1) is 18.2 Å². The largest absolute Gasteiger partial charge is 0.478 e. The van der Waals surface area contributed by atoms with Gasteiger partial charge in [-0.15, -0.1) is 0 Å². The van der Waals surface area contributed by atoms with E-state index in [1.54, 1.807) is 0 Å². The third-order valence-corrected chi connectivity index (χ3v) is 8.57. The van der Waals surface area contributed by atoms with Gasteiger partial charge < -0.3 is 9.84 Å². The number of carboxylic acid groups (broad SMARTS) is 1. The second-order valence-corrected chi connectivity index (χ2v) is 13.0. The van der Waals surface area contributed by atoms with Gasteiger partial charge in [0.15, 0.2) is 0 Å². The molecule has 0 aliphatic heterocycles. The first-order chi connectivity index (χ1) is 27.2. The van der Waals surface area contributed by atoms with E-state index in [0.717, 1.165) is 18.3 Å². The molecule has 0 aromatic carbocycles. The highest BCUT2D eigenvalue weighted by atomic mass is 19.1. The van der Waals surface area contributed by atoms with Crippen molar-refractivity contribution in [2.75, 3.05) is 7.11 Å². The van der Waals surface area contributed by atoms with E-state index in [9.17, 15) is 18.4 Å². The minimum absolute atomic E-state index is 0.0489. The summed E-state index contributed by atoms with van der Waals surface area (Å²) >= 11 is 0. The Morgan fingerprint density at radius 2 is 0.864 bits per heavy atom. The van der Waals surface area contributed by atoms with Crippen LogP contribution in [-0.4, -0.2) is 305 Å². The van der Waals surface area contributed by atoms with Gasteiger partial charge in [0.1, 0.15) is 0 Å². The lowest BCUT2D eigenvalue weighted by atomic mass is 8.40. The number of carboxylic acids is 1. The minimum atomic E-state index is -1.15. The molecule has 0 atom stereocenters. The summed E-state index contributed by atoms with van der Waals surface area (Å²) in [4.78, 5) is 27.4. The molecule has 46 heteroatoms. The van der Waals surface area contributed by atoms with Crippen molar-refractivity contribution in [2.24, 2.45) is 0 Å². The van der Waals surface area contributed by atoms with Gasteiger partial charge in [-0.3, -0.25) is 0 Å². The summed E-state index contributed by atoms with van der Waals surface area (Å²) in [6.45, 7) is 0. The lowest BCUT2D eigenvalue weighted by Crippen LogP contribution is -2.79. The van der Waals surface area contributed by atoms with Crippen LogP contribution >= 0.6 is 0 Å². The number of pyridine rings is 2. The van der Waals surface area contributed by atoms with Crippen LogP contribution in [0.3, 0.4) is 0 Å². The molecular weight excluding hydrogens is 697 g/mol. The summed E-state index contributed by atoms with van der Waals surface area (Å²) in [6.07, 6.45) is -8.03. The van der Waals surface area contributed by atoms with E-state index in [4.69, 9.17) is 152 Å². The smallest absolute Gasteiger partial charge is 0.338 e. The maximum Gasteiger partial charge on any atom is 0.338 e. The van der Waals surface area contributed by atoms with Gasteiger partial charge in [-0.05, 0) is 133 Å². The van der Waals surface area contributed by atoms with Gasteiger partial charge in [0.25, 0.3) is 0 Å². The summed E-state index contributed by atoms with van der Waals surface area (Å²) in [6, 6.07) is 4.49. The summed E-state index contributed by atoms with van der Waals surface area (Å²) in [5, 5.41) is 8.31. The van der Waals surface area contributed by atoms with Gasteiger partial charge in [0, 0.05) is 160 Å². The van der Waals surface area contributed by atoms with Crippen molar-refractivity contribution in [3.63, 3.8) is 0 Å². The number of rotatable bonds is 18. The van der Waals surface area contributed by atoms with Crippen LogP contribution in [0, 0.1) is 11.9 Å². The number of ether oxygens (including phenoxy) is 1. The Labute approximate surface area is 385 Å². The SMILES string of the molecule is COC(=O)c1ccnc(F)c1.O=C(O)c1ccnc(F)c1.[B]B([B])B(B([B])[B])B(B([B])[B][BH3-])B(B([B])[B])B([B])[B].[B][B]B([B])B(B(B([B])[B])B([B])[B])B(B([B])[B])B([B])[B]. The molecule has 0 aliphatic carbocycles. The third-order valence-electron chi connectivity index (χ3n) is 8.57. The summed E-state index contributed by atoms with van der Waals surface area (Å²) < 4.78 is 28.9. The number of halogens is 2. The number of hydrogen-bond acceptors (Lipinski definition) is 5. The molecule has 0 unspecified atom stereocenters. The number of nitrogens with zero attached hydrogens (tertiary/aromatic N) is 2. The Morgan fingerprint density at radius 3 is 1.08 bits per heavy atom. The van der Waals surface area contributed by atoms with Gasteiger partial charge in [0.2, 0.25) is 11.9 Å². The Kier molecular flexibility index (Phi) is 32.3. The lowest BCUT2D eigenvalue weighted by molar-refractivity contribution is 0.0599. The van der Waals surface area contributed by atoms with Crippen LogP contribution in [0.4, 0.5) is 8.78 Å². The Hall–Kier alpha value is -0.432. The van der Waals surface area contributed by atoms with Crippen LogP contribution in [0.5, 0.6) is 0 Å². The zero-order chi connectivity index (χ0) is 46.5. The quantitative estimate of drug-likeness (QED) is 0.0941. The molecule has 0 saturated carbocycles. The Balaban J connectivity index is 0. The fourth-order valence-electron chi connectivity index (χ4n) is 5.93. The normalized spacial score (nSPS) is 9.15. The molecule has 0 amide bonds. The molecule has 2 aromatic heterocycles. The van der Waals surface area contributed by atoms with E-state index in [-0.39, 0.29) is 31.6 Å². The van der Waals surface area contributed by atoms with Crippen molar-refractivity contribution in [1.82, 2.24) is 9.97 Å². The van der Waals surface area contributed by atoms with Crippen LogP contribution in [-0.2, 0) is 4.74 Å². The van der Waals surface area contributed by atoms with E-state index in [1.807, 2.05) is 7.06 Å². The predicted molar refractivity (Wildman–Crippen MR) is 290 cm³/mol. The molecule has 0 saturated heterocycles. The van der Waals surface area contributed by atoms with E-state index < -0.39 is 113 Å². The highest BCUT2D eigenvalue weighted by Crippen LogP contribution is 2.06. The molecule has 228 valence electrons. The maximum atomic E-state index is 12.3. The summed E-state index contributed by atoms with van der Waals surface area (Å²) in [5.74, 6) is -3.18. The molecule has 2 rings (SSSR count). The standard InChI is InChI=1S/C7H6FNO2.C6H4FNO2.B19H3.B19/c1-11-7(10)5-2-3-9-6(8)4-5;7-5-3-4(6(9)10)1-2-8-5;2*1-11-16(10)19(17(12(2)3)13(4)5)18(14(6)7)15(8)9/h2-4H,1H3;1-3H,(H,9,10);1H3;/q;;-1;. The van der Waals surface area contributed by atoms with Crippen LogP contribution in [0.25, 0.3) is 0 Å². The highest BCUT2D eigenvalue weighted by molar-refractivity contribution is 8.19. The van der Waals surface area contributed by atoms with Crippen LogP contribution < -0.4 is 0 Å². The van der Waals surface area contributed by atoms with Gasteiger partial charge in [-0.25, -0.2) is 19.6 Å². The van der Waals surface area contributed by atoms with Crippen molar-refractivity contribution in [3.8, 4) is 0 Å². The van der Waals surface area contributed by atoms with Crippen LogP contribution in [0.1, 0.15) is 20.7 Å². The Bertz CT molecular complexity index is 1340. The van der Waals surface area contributed by atoms with Crippen LogP contribution in [0.15, 0.2) is 36.7 Å². The monoisotopic (exact) mass is 717 g/mol.